The monoisotopic (exact) mass is 664 g/mol. The number of aromatic nitrogens is 1. The van der Waals surface area contributed by atoms with E-state index in [1.54, 1.807) is 60.7 Å². The quantitative estimate of drug-likeness (QED) is 0.123. The second kappa shape index (κ2) is 13.7. The third-order valence-electron chi connectivity index (χ3n) is 6.77. The highest BCUT2D eigenvalue weighted by molar-refractivity contribution is 8.93. The number of carboxylic acid groups (broad SMARTS) is 1. The molecule has 4 aromatic carbocycles. The van der Waals surface area contributed by atoms with Crippen molar-refractivity contribution in [2.24, 2.45) is 0 Å². The van der Waals surface area contributed by atoms with Crippen molar-refractivity contribution in [2.45, 2.75) is 30.6 Å². The van der Waals surface area contributed by atoms with Gasteiger partial charge in [-0.1, -0.05) is 36.4 Å². The maximum Gasteiger partial charge on any atom is 0.434 e. The van der Waals surface area contributed by atoms with Crippen LogP contribution in [-0.2, 0) is 21.2 Å². The number of para-hydroxylation sites is 2. The predicted molar refractivity (Wildman–Crippen MR) is 170 cm³/mol. The Balaban J connectivity index is 0.00000423. The molecule has 222 valence electrons. The van der Waals surface area contributed by atoms with Gasteiger partial charge in [0.1, 0.15) is 5.75 Å². The Morgan fingerprint density at radius 1 is 0.814 bits per heavy atom. The number of anilines is 1. The van der Waals surface area contributed by atoms with Gasteiger partial charge in [0.2, 0.25) is 0 Å². The first-order valence-electron chi connectivity index (χ1n) is 13.3. The number of halogens is 1. The van der Waals surface area contributed by atoms with E-state index in [9.17, 15) is 18.0 Å². The van der Waals surface area contributed by atoms with Crippen LogP contribution in [0.25, 0.3) is 21.8 Å². The van der Waals surface area contributed by atoms with E-state index < -0.39 is 22.1 Å². The van der Waals surface area contributed by atoms with Gasteiger partial charge in [-0.05, 0) is 85.5 Å². The summed E-state index contributed by atoms with van der Waals surface area (Å²) in [4.78, 5) is 29.2. The number of pyridine rings is 1. The molecule has 1 heterocycles. The summed E-state index contributed by atoms with van der Waals surface area (Å²) in [5.74, 6) is -0.163. The summed E-state index contributed by atoms with van der Waals surface area (Å²) in [6.07, 6.45) is 0.730. The number of hydrogen-bond donors (Lipinski definition) is 1. The van der Waals surface area contributed by atoms with Crippen LogP contribution in [0.2, 0.25) is 0 Å². The van der Waals surface area contributed by atoms with Gasteiger partial charge in [0.15, 0.2) is 5.75 Å². The van der Waals surface area contributed by atoms with Gasteiger partial charge in [-0.3, -0.25) is 4.79 Å². The molecule has 0 unspecified atom stereocenters. The van der Waals surface area contributed by atoms with Crippen LogP contribution in [0, 0.1) is 0 Å². The first-order valence-corrected chi connectivity index (χ1v) is 14.7. The van der Waals surface area contributed by atoms with E-state index in [1.807, 2.05) is 12.1 Å². The predicted octanol–water partition coefficient (Wildman–Crippen LogP) is 7.17. The number of aryl methyl sites for hydroxylation is 1. The number of carboxylic acids is 1. The molecule has 0 saturated carbocycles. The van der Waals surface area contributed by atoms with Crippen molar-refractivity contribution in [3.8, 4) is 11.5 Å². The highest BCUT2D eigenvalue weighted by Crippen LogP contribution is 2.35. The van der Waals surface area contributed by atoms with Gasteiger partial charge in [0, 0.05) is 17.2 Å². The number of carbonyl (C=O) groups excluding carboxylic acids is 1. The van der Waals surface area contributed by atoms with Crippen LogP contribution in [0.4, 0.5) is 10.5 Å². The molecular formula is C32H29BrN2O7S. The molecule has 0 fully saturated rings. The van der Waals surface area contributed by atoms with Crippen molar-refractivity contribution < 1.29 is 32.6 Å². The SMILES string of the molecule is Br.COc1ccc(N(C(=O)Oc2c3ccccc3nc3ccccc23)S(=O)(=O)c2ccc(CCCCC(=O)O)cc2)cc1. The molecule has 43 heavy (non-hydrogen) atoms. The molecule has 0 radical (unpaired) electrons. The Labute approximate surface area is 259 Å². The second-order valence-electron chi connectivity index (χ2n) is 9.56. The minimum atomic E-state index is -4.43. The van der Waals surface area contributed by atoms with E-state index in [0.29, 0.717) is 51.1 Å². The first kappa shape index (κ1) is 31.5. The largest absolute Gasteiger partial charge is 0.497 e. The summed E-state index contributed by atoms with van der Waals surface area (Å²) in [5, 5.41) is 9.95. The van der Waals surface area contributed by atoms with Crippen molar-refractivity contribution in [1.29, 1.82) is 0 Å². The fourth-order valence-electron chi connectivity index (χ4n) is 4.64. The lowest BCUT2D eigenvalue weighted by Crippen LogP contribution is -2.39. The molecular weight excluding hydrogens is 636 g/mol. The second-order valence-corrected chi connectivity index (χ2v) is 11.3. The topological polar surface area (TPSA) is 123 Å². The average molecular weight is 666 g/mol. The maximum absolute atomic E-state index is 14.0. The molecule has 1 amide bonds. The number of unbranched alkanes of at least 4 members (excludes halogenated alkanes) is 1. The van der Waals surface area contributed by atoms with E-state index in [2.05, 4.69) is 4.98 Å². The van der Waals surface area contributed by atoms with Gasteiger partial charge < -0.3 is 14.6 Å². The molecule has 11 heteroatoms. The van der Waals surface area contributed by atoms with Crippen molar-refractivity contribution in [3.63, 3.8) is 0 Å². The smallest absolute Gasteiger partial charge is 0.434 e. The number of hydrogen-bond acceptors (Lipinski definition) is 7. The molecule has 1 aromatic heterocycles. The lowest BCUT2D eigenvalue weighted by Gasteiger charge is -2.23. The molecule has 1 N–H and O–H groups in total. The van der Waals surface area contributed by atoms with Crippen molar-refractivity contribution >= 4 is 66.6 Å². The van der Waals surface area contributed by atoms with Crippen LogP contribution in [0.3, 0.4) is 0 Å². The van der Waals surface area contributed by atoms with Crippen LogP contribution in [-0.4, -0.2) is 37.7 Å². The number of benzene rings is 4. The lowest BCUT2D eigenvalue weighted by molar-refractivity contribution is -0.137. The normalized spacial score (nSPS) is 11.1. The van der Waals surface area contributed by atoms with Crippen LogP contribution < -0.4 is 13.8 Å². The summed E-state index contributed by atoms with van der Waals surface area (Å²) in [5.41, 5.74) is 2.11. The Bertz CT molecular complexity index is 1810. The van der Waals surface area contributed by atoms with Gasteiger partial charge >= 0.3 is 12.1 Å². The van der Waals surface area contributed by atoms with Crippen molar-refractivity contribution in [2.75, 3.05) is 11.4 Å². The molecule has 0 atom stereocenters. The minimum absolute atomic E-state index is 0. The van der Waals surface area contributed by atoms with E-state index in [-0.39, 0.29) is 39.7 Å². The zero-order valence-electron chi connectivity index (χ0n) is 23.2. The summed E-state index contributed by atoms with van der Waals surface area (Å²) in [6.45, 7) is 0. The first-order chi connectivity index (χ1) is 20.3. The fourth-order valence-corrected chi connectivity index (χ4v) is 5.96. The number of nitrogens with zero attached hydrogens (tertiary/aromatic N) is 2. The van der Waals surface area contributed by atoms with E-state index in [4.69, 9.17) is 14.6 Å². The number of methoxy groups -OCH3 is 1. The minimum Gasteiger partial charge on any atom is -0.497 e. The molecule has 0 aliphatic rings. The highest BCUT2D eigenvalue weighted by atomic mass is 79.9. The Hall–Kier alpha value is -4.48. The standard InChI is InChI=1S/C32H28N2O7S.BrH/c1-40-24-18-16-23(17-19-24)34(42(38,39)25-20-14-22(15-21-25)8-2-7-13-30(35)36)32(37)41-31-26-9-3-5-11-28(26)33-29-12-6-4-10-27(29)31;/h3-6,9-12,14-21H,2,7-8,13H2,1H3,(H,35,36);1H. The summed E-state index contributed by atoms with van der Waals surface area (Å²) in [7, 11) is -2.94. The summed E-state index contributed by atoms with van der Waals surface area (Å²) in [6, 6.07) is 26.6. The molecule has 0 bridgehead atoms. The Morgan fingerprint density at radius 2 is 1.40 bits per heavy atom. The van der Waals surface area contributed by atoms with E-state index in [0.717, 1.165) is 5.56 Å². The number of ether oxygens (including phenoxy) is 2. The Kier molecular flexibility index (Phi) is 9.99. The number of fused-ring (bicyclic) bond motifs is 2. The van der Waals surface area contributed by atoms with Crippen molar-refractivity contribution in [1.82, 2.24) is 4.98 Å². The molecule has 9 nitrogen and oxygen atoms in total. The van der Waals surface area contributed by atoms with Crippen LogP contribution in [0.1, 0.15) is 24.8 Å². The molecule has 0 spiro atoms. The van der Waals surface area contributed by atoms with Crippen LogP contribution in [0.5, 0.6) is 11.5 Å². The van der Waals surface area contributed by atoms with Gasteiger partial charge in [-0.2, -0.15) is 4.31 Å². The van der Waals surface area contributed by atoms with Gasteiger partial charge in [0.25, 0.3) is 10.0 Å². The van der Waals surface area contributed by atoms with Crippen LogP contribution in [0.15, 0.2) is 102 Å². The van der Waals surface area contributed by atoms with E-state index in [1.165, 1.54) is 31.4 Å². The van der Waals surface area contributed by atoms with Crippen molar-refractivity contribution in [3.05, 3.63) is 103 Å². The summed E-state index contributed by atoms with van der Waals surface area (Å²) < 4.78 is 39.8. The highest BCUT2D eigenvalue weighted by Gasteiger charge is 2.33. The van der Waals surface area contributed by atoms with E-state index >= 15 is 0 Å². The molecule has 0 aliphatic heterocycles. The fraction of sp³-hybridized carbons (Fsp3) is 0.156. The van der Waals surface area contributed by atoms with Crippen LogP contribution >= 0.6 is 17.0 Å². The van der Waals surface area contributed by atoms with Gasteiger partial charge in [0.05, 0.1) is 28.7 Å². The zero-order chi connectivity index (χ0) is 29.7. The number of rotatable bonds is 10. The third-order valence-corrected chi connectivity index (χ3v) is 8.48. The molecule has 0 aliphatic carbocycles. The van der Waals surface area contributed by atoms with Gasteiger partial charge in [-0.25, -0.2) is 18.2 Å². The number of aliphatic carboxylic acids is 1. The van der Waals surface area contributed by atoms with Gasteiger partial charge in [-0.15, -0.1) is 17.0 Å². The number of amides is 1. The zero-order valence-corrected chi connectivity index (χ0v) is 25.7. The average Bonchev–Trinajstić information content (AvgIpc) is 2.99. The Morgan fingerprint density at radius 3 is 1.95 bits per heavy atom. The number of carbonyl (C=O) groups is 2. The summed E-state index contributed by atoms with van der Waals surface area (Å²) >= 11 is 0. The molecule has 5 aromatic rings. The lowest BCUT2D eigenvalue weighted by atomic mass is 10.1. The third kappa shape index (κ3) is 6.95. The molecule has 0 saturated heterocycles. The maximum atomic E-state index is 14.0. The number of sulfonamides is 1. The molecule has 5 rings (SSSR count).